The molecule has 6 unspecified atom stereocenters. The third-order valence-corrected chi connectivity index (χ3v) is 7.84. The van der Waals surface area contributed by atoms with E-state index in [2.05, 4.69) is 33.1 Å². The summed E-state index contributed by atoms with van der Waals surface area (Å²) in [6, 6.07) is 0. The minimum Gasteiger partial charge on any atom is -0.390 e. The molecule has 8 heteroatoms. The molecule has 210 valence electrons. The van der Waals surface area contributed by atoms with Gasteiger partial charge >= 0.3 is 0 Å². The third kappa shape index (κ3) is 9.82. The molecule has 35 heavy (non-hydrogen) atoms. The summed E-state index contributed by atoms with van der Waals surface area (Å²) in [6.07, 6.45) is 0.135. The van der Waals surface area contributed by atoms with Crippen molar-refractivity contribution in [3.8, 4) is 0 Å². The van der Waals surface area contributed by atoms with Gasteiger partial charge in [-0.05, 0) is 46.7 Å². The van der Waals surface area contributed by atoms with Gasteiger partial charge in [0.25, 0.3) is 0 Å². The Morgan fingerprint density at radius 2 is 1.54 bits per heavy atom. The molecule has 0 aromatic rings. The summed E-state index contributed by atoms with van der Waals surface area (Å²) in [5.41, 5.74) is -1.17. The molecular weight excluding hydrogens is 448 g/mol. The van der Waals surface area contributed by atoms with Crippen molar-refractivity contribution < 1.29 is 34.0 Å². The van der Waals surface area contributed by atoms with Gasteiger partial charge in [-0.1, -0.05) is 27.7 Å². The van der Waals surface area contributed by atoms with Gasteiger partial charge in [-0.3, -0.25) is 0 Å². The van der Waals surface area contributed by atoms with Gasteiger partial charge in [0.15, 0.2) is 6.29 Å². The molecule has 8 nitrogen and oxygen atoms in total. The van der Waals surface area contributed by atoms with Crippen molar-refractivity contribution in [1.82, 2.24) is 4.90 Å². The van der Waals surface area contributed by atoms with Crippen LogP contribution < -0.4 is 0 Å². The number of quaternary nitrogens is 1. The van der Waals surface area contributed by atoms with Crippen LogP contribution in [-0.2, 0) is 14.2 Å². The van der Waals surface area contributed by atoms with Crippen molar-refractivity contribution in [2.75, 3.05) is 54.4 Å². The lowest BCUT2D eigenvalue weighted by Crippen LogP contribution is -2.65. The summed E-state index contributed by atoms with van der Waals surface area (Å²) in [7, 11) is 8.70. The molecule has 0 saturated carbocycles. The Bertz CT molecular complexity index is 568. The van der Waals surface area contributed by atoms with Crippen LogP contribution in [0.3, 0.4) is 0 Å². The summed E-state index contributed by atoms with van der Waals surface area (Å²) >= 11 is 0. The van der Waals surface area contributed by atoms with E-state index < -0.39 is 36.1 Å². The Kier molecular flexibility index (Phi) is 14.2. The highest BCUT2D eigenvalue weighted by molar-refractivity contribution is 5.01. The van der Waals surface area contributed by atoms with Gasteiger partial charge < -0.3 is 38.9 Å². The van der Waals surface area contributed by atoms with Gasteiger partial charge in [0.2, 0.25) is 0 Å². The van der Waals surface area contributed by atoms with E-state index in [-0.39, 0.29) is 12.2 Å². The molecule has 0 aliphatic carbocycles. The highest BCUT2D eigenvalue weighted by Gasteiger charge is 2.54. The second-order valence-corrected chi connectivity index (χ2v) is 11.3. The maximum Gasteiger partial charge on any atom is 0.186 e. The molecule has 1 saturated heterocycles. The number of ether oxygens (including phenoxy) is 3. The van der Waals surface area contributed by atoms with E-state index in [0.29, 0.717) is 19.4 Å². The number of nitrogens with zero attached hydrogens (tertiary/aromatic N) is 2. The van der Waals surface area contributed by atoms with Crippen LogP contribution in [0.1, 0.15) is 73.1 Å². The highest BCUT2D eigenvalue weighted by Crippen LogP contribution is 2.40. The maximum absolute atomic E-state index is 11.4. The van der Waals surface area contributed by atoms with E-state index >= 15 is 0 Å². The fraction of sp³-hybridized carbons (Fsp3) is 1.00. The predicted molar refractivity (Wildman–Crippen MR) is 140 cm³/mol. The van der Waals surface area contributed by atoms with Crippen LogP contribution in [0.5, 0.6) is 0 Å². The van der Waals surface area contributed by atoms with Crippen molar-refractivity contribution in [2.24, 2.45) is 5.92 Å². The summed E-state index contributed by atoms with van der Waals surface area (Å²) in [4.78, 5) is 2.21. The smallest absolute Gasteiger partial charge is 0.186 e. The van der Waals surface area contributed by atoms with E-state index in [1.807, 2.05) is 34.6 Å². The molecule has 0 radical (unpaired) electrons. The number of hydrogen-bond acceptors (Lipinski definition) is 7. The molecular formula is C27H57N2O6+. The highest BCUT2D eigenvalue weighted by atomic mass is 16.7. The molecule has 6 atom stereocenters. The lowest BCUT2D eigenvalue weighted by Gasteiger charge is -2.50. The summed E-state index contributed by atoms with van der Waals surface area (Å²) in [6.45, 7) is 13.5. The fourth-order valence-corrected chi connectivity index (χ4v) is 5.20. The standard InChI is InChI=1S/C27H57N2O6/c1-10-21(11-2)34-26-24(31)23(30)22(27(32,12-3)13-4)25(35-26)20(5)33-19-15-18-29(8,9)17-14-16-28(6)7/h20-26,30-32H,10-19H2,1-9H3/q+1. The van der Waals surface area contributed by atoms with Crippen LogP contribution in [0.2, 0.25) is 0 Å². The maximum atomic E-state index is 11.4. The lowest BCUT2D eigenvalue weighted by atomic mass is 9.72. The zero-order valence-electron chi connectivity index (χ0n) is 24.1. The molecule has 0 aromatic heterocycles. The first-order valence-electron chi connectivity index (χ1n) is 13.8. The molecule has 1 aliphatic rings. The number of aliphatic hydroxyl groups is 3. The van der Waals surface area contributed by atoms with Crippen molar-refractivity contribution in [2.45, 2.75) is 116 Å². The average Bonchev–Trinajstić information content (AvgIpc) is 2.81. The molecule has 1 fully saturated rings. The van der Waals surface area contributed by atoms with E-state index in [9.17, 15) is 15.3 Å². The lowest BCUT2D eigenvalue weighted by molar-refractivity contribution is -0.890. The number of aliphatic hydroxyl groups excluding tert-OH is 2. The van der Waals surface area contributed by atoms with Crippen LogP contribution in [0.4, 0.5) is 0 Å². The molecule has 0 amide bonds. The van der Waals surface area contributed by atoms with Gasteiger partial charge in [0.1, 0.15) is 6.10 Å². The quantitative estimate of drug-likeness (QED) is 0.207. The number of hydrogen-bond donors (Lipinski definition) is 3. The van der Waals surface area contributed by atoms with E-state index in [1.165, 1.54) is 0 Å². The van der Waals surface area contributed by atoms with Crippen LogP contribution in [0.15, 0.2) is 0 Å². The molecule has 3 N–H and O–H groups in total. The summed E-state index contributed by atoms with van der Waals surface area (Å²) in [5.74, 6) is -0.678. The first-order chi connectivity index (χ1) is 16.4. The molecule has 0 aromatic carbocycles. The SMILES string of the molecule is CCC(CC)OC1OC(C(C)OCCC[N+](C)(C)CCCN(C)C)C(C(O)(CC)CC)C(O)C1O. The first kappa shape index (κ1) is 32.7. The van der Waals surface area contributed by atoms with E-state index in [1.54, 1.807) is 0 Å². The molecule has 0 spiro atoms. The Morgan fingerprint density at radius 3 is 2.06 bits per heavy atom. The Morgan fingerprint density at radius 1 is 0.971 bits per heavy atom. The van der Waals surface area contributed by atoms with E-state index in [4.69, 9.17) is 14.2 Å². The fourth-order valence-electron chi connectivity index (χ4n) is 5.20. The Balaban J connectivity index is 2.87. The molecule has 1 heterocycles. The van der Waals surface area contributed by atoms with Crippen molar-refractivity contribution in [1.29, 1.82) is 0 Å². The monoisotopic (exact) mass is 505 g/mol. The van der Waals surface area contributed by atoms with Crippen LogP contribution in [0, 0.1) is 5.92 Å². The topological polar surface area (TPSA) is 91.6 Å². The second kappa shape index (κ2) is 15.2. The van der Waals surface area contributed by atoms with Crippen molar-refractivity contribution >= 4 is 0 Å². The van der Waals surface area contributed by atoms with Crippen LogP contribution in [0.25, 0.3) is 0 Å². The van der Waals surface area contributed by atoms with Crippen LogP contribution in [-0.4, -0.2) is 122 Å². The minimum atomic E-state index is -1.23. The largest absolute Gasteiger partial charge is 0.390 e. The van der Waals surface area contributed by atoms with Crippen molar-refractivity contribution in [3.05, 3.63) is 0 Å². The van der Waals surface area contributed by atoms with Gasteiger partial charge in [0.05, 0.1) is 63.8 Å². The molecule has 0 bridgehead atoms. The zero-order valence-corrected chi connectivity index (χ0v) is 24.1. The average molecular weight is 506 g/mol. The van der Waals surface area contributed by atoms with E-state index in [0.717, 1.165) is 49.8 Å². The second-order valence-electron chi connectivity index (χ2n) is 11.3. The molecule has 1 rings (SSSR count). The third-order valence-electron chi connectivity index (χ3n) is 7.84. The number of rotatable bonds is 17. The van der Waals surface area contributed by atoms with Gasteiger partial charge in [0, 0.05) is 25.3 Å². The summed E-state index contributed by atoms with van der Waals surface area (Å²) < 4.78 is 19.5. The van der Waals surface area contributed by atoms with Crippen LogP contribution >= 0.6 is 0 Å². The van der Waals surface area contributed by atoms with Crippen molar-refractivity contribution in [3.63, 3.8) is 0 Å². The minimum absolute atomic E-state index is 0.0704. The zero-order chi connectivity index (χ0) is 26.8. The first-order valence-corrected chi connectivity index (χ1v) is 13.8. The van der Waals surface area contributed by atoms with Gasteiger partial charge in [-0.2, -0.15) is 0 Å². The summed E-state index contributed by atoms with van der Waals surface area (Å²) in [5, 5.41) is 33.4. The Labute approximate surface area is 215 Å². The Hall–Kier alpha value is -0.320. The molecule has 1 aliphatic heterocycles. The van der Waals surface area contributed by atoms with Gasteiger partial charge in [-0.25, -0.2) is 0 Å². The predicted octanol–water partition coefficient (Wildman–Crippen LogP) is 2.63. The normalized spacial score (nSPS) is 27.1. The van der Waals surface area contributed by atoms with Gasteiger partial charge in [-0.15, -0.1) is 0 Å².